The van der Waals surface area contributed by atoms with Crippen molar-refractivity contribution in [1.82, 2.24) is 20.1 Å². The molecule has 1 fully saturated rings. The zero-order valence-electron chi connectivity index (χ0n) is 15.9. The summed E-state index contributed by atoms with van der Waals surface area (Å²) >= 11 is 0. The third-order valence-corrected chi connectivity index (χ3v) is 4.57. The molecule has 1 amide bonds. The van der Waals surface area contributed by atoms with Gasteiger partial charge in [-0.2, -0.15) is 0 Å². The normalized spacial score (nSPS) is 15.0. The van der Waals surface area contributed by atoms with E-state index in [0.717, 1.165) is 61.8 Å². The first kappa shape index (κ1) is 19.2. The summed E-state index contributed by atoms with van der Waals surface area (Å²) in [6.07, 6.45) is 0.730. The highest BCUT2D eigenvalue weighted by molar-refractivity contribution is 5.67. The van der Waals surface area contributed by atoms with E-state index in [-0.39, 0.29) is 6.09 Å². The van der Waals surface area contributed by atoms with E-state index >= 15 is 0 Å². The summed E-state index contributed by atoms with van der Waals surface area (Å²) in [4.78, 5) is 15.8. The lowest BCUT2D eigenvalue weighted by Gasteiger charge is -2.33. The predicted molar refractivity (Wildman–Crippen MR) is 99.6 cm³/mol. The number of hydrogen-bond donors (Lipinski definition) is 0. The van der Waals surface area contributed by atoms with Crippen molar-refractivity contribution in [2.45, 2.75) is 20.3 Å². The minimum absolute atomic E-state index is 0.208. The van der Waals surface area contributed by atoms with Crippen LogP contribution in [0.2, 0.25) is 0 Å². The maximum atomic E-state index is 11.7. The van der Waals surface area contributed by atoms with E-state index in [1.54, 1.807) is 4.90 Å². The largest absolute Gasteiger partial charge is 0.494 e. The van der Waals surface area contributed by atoms with Gasteiger partial charge in [-0.3, -0.25) is 4.90 Å². The summed E-state index contributed by atoms with van der Waals surface area (Å²) in [5.41, 5.74) is 2.48. The van der Waals surface area contributed by atoms with Gasteiger partial charge >= 0.3 is 6.09 Å². The Morgan fingerprint density at radius 2 is 1.89 bits per heavy atom. The Bertz CT molecular complexity index is 724. The number of aromatic nitrogens is 2. The lowest BCUT2D eigenvalue weighted by molar-refractivity contribution is 0.0782. The first-order valence-electron chi connectivity index (χ1n) is 9.34. The summed E-state index contributed by atoms with van der Waals surface area (Å²) < 4.78 is 15.6. The van der Waals surface area contributed by atoms with Crippen molar-refractivity contribution in [3.63, 3.8) is 0 Å². The van der Waals surface area contributed by atoms with E-state index in [9.17, 15) is 4.79 Å². The molecule has 0 atom stereocenters. The second-order valence-electron chi connectivity index (χ2n) is 6.45. The summed E-state index contributed by atoms with van der Waals surface area (Å²) in [5.74, 6) is 0.833. The highest BCUT2D eigenvalue weighted by atomic mass is 16.6. The van der Waals surface area contributed by atoms with Crippen molar-refractivity contribution >= 4 is 6.09 Å². The molecule has 8 heteroatoms. The van der Waals surface area contributed by atoms with Crippen molar-refractivity contribution in [2.75, 3.05) is 45.9 Å². The number of nitrogens with zero attached hydrogens (tertiary/aromatic N) is 4. The van der Waals surface area contributed by atoms with E-state index in [4.69, 9.17) is 14.1 Å². The van der Waals surface area contributed by atoms with Gasteiger partial charge in [0.2, 0.25) is 0 Å². The molecule has 8 nitrogen and oxygen atoms in total. The number of ether oxygens (including phenoxy) is 2. The van der Waals surface area contributed by atoms with E-state index < -0.39 is 0 Å². The molecule has 0 N–H and O–H groups in total. The van der Waals surface area contributed by atoms with Crippen LogP contribution >= 0.6 is 0 Å². The molecule has 0 aliphatic carbocycles. The Morgan fingerprint density at radius 1 is 1.15 bits per heavy atom. The van der Waals surface area contributed by atoms with Crippen molar-refractivity contribution < 1.29 is 18.9 Å². The van der Waals surface area contributed by atoms with Crippen molar-refractivity contribution in [3.05, 3.63) is 30.0 Å². The van der Waals surface area contributed by atoms with Gasteiger partial charge < -0.3 is 14.4 Å². The first-order valence-corrected chi connectivity index (χ1v) is 9.34. The minimum atomic E-state index is -0.208. The van der Waals surface area contributed by atoms with Crippen LogP contribution in [0.3, 0.4) is 0 Å². The quantitative estimate of drug-likeness (QED) is 0.689. The number of aryl methyl sites for hydroxylation is 1. The molecule has 0 saturated carbocycles. The van der Waals surface area contributed by atoms with Gasteiger partial charge in [0, 0.05) is 38.3 Å². The van der Waals surface area contributed by atoms with E-state index in [2.05, 4.69) is 15.2 Å². The van der Waals surface area contributed by atoms with E-state index in [1.165, 1.54) is 0 Å². The lowest BCUT2D eigenvalue weighted by atomic mass is 10.1. The maximum Gasteiger partial charge on any atom is 0.409 e. The van der Waals surface area contributed by atoms with Crippen LogP contribution in [0.15, 0.2) is 28.9 Å². The molecule has 0 unspecified atom stereocenters. The molecule has 1 aliphatic rings. The van der Waals surface area contributed by atoms with Crippen molar-refractivity contribution in [2.24, 2.45) is 0 Å². The van der Waals surface area contributed by atoms with Gasteiger partial charge in [0.1, 0.15) is 17.1 Å². The molecule has 0 spiro atoms. The summed E-state index contributed by atoms with van der Waals surface area (Å²) in [7, 11) is 0. The topological polar surface area (TPSA) is 80.9 Å². The van der Waals surface area contributed by atoms with Gasteiger partial charge in [0.25, 0.3) is 0 Å². The van der Waals surface area contributed by atoms with Gasteiger partial charge in [-0.25, -0.2) is 9.42 Å². The number of carbonyl (C=O) groups is 1. The first-order chi connectivity index (χ1) is 13.2. The Kier molecular flexibility index (Phi) is 6.64. The minimum Gasteiger partial charge on any atom is -0.494 e. The molecule has 146 valence electrons. The Morgan fingerprint density at radius 3 is 2.52 bits per heavy atom. The fraction of sp³-hybridized carbons (Fsp3) is 0.526. The Balaban J connectivity index is 1.35. The maximum absolute atomic E-state index is 11.7. The molecule has 0 bridgehead atoms. The standard InChI is InChI=1S/C19H26N4O4/c1-3-25-19(24)23-12-10-22(11-13-23)9-4-14-26-17-7-5-16(6-8-17)18-15(2)20-27-21-18/h5-8H,3-4,9-14H2,1-2H3. The smallest absolute Gasteiger partial charge is 0.409 e. The van der Waals surface area contributed by atoms with Crippen LogP contribution < -0.4 is 4.74 Å². The second kappa shape index (κ2) is 9.36. The summed E-state index contributed by atoms with van der Waals surface area (Å²) in [5, 5.41) is 7.70. The van der Waals surface area contributed by atoms with Crippen LogP contribution in [0.5, 0.6) is 5.75 Å². The molecule has 1 aromatic heterocycles. The highest BCUT2D eigenvalue weighted by Gasteiger charge is 2.21. The molecule has 2 heterocycles. The number of amides is 1. The number of rotatable bonds is 7. The molecule has 1 saturated heterocycles. The fourth-order valence-corrected chi connectivity index (χ4v) is 3.05. The summed E-state index contributed by atoms with van der Waals surface area (Å²) in [6.45, 7) is 8.91. The summed E-state index contributed by atoms with van der Waals surface area (Å²) in [6, 6.07) is 7.77. The van der Waals surface area contributed by atoms with Crippen molar-refractivity contribution in [1.29, 1.82) is 0 Å². The average Bonchev–Trinajstić information content (AvgIpc) is 3.12. The third-order valence-electron chi connectivity index (χ3n) is 4.57. The van der Waals surface area contributed by atoms with Crippen LogP contribution in [-0.4, -0.2) is 72.1 Å². The van der Waals surface area contributed by atoms with Crippen LogP contribution in [0.4, 0.5) is 4.79 Å². The number of benzene rings is 1. The SMILES string of the molecule is CCOC(=O)N1CCN(CCCOc2ccc(-c3nonc3C)cc2)CC1. The van der Waals surface area contributed by atoms with E-state index in [1.807, 2.05) is 38.1 Å². The average molecular weight is 374 g/mol. The van der Waals surface area contributed by atoms with E-state index in [0.29, 0.717) is 13.2 Å². The van der Waals surface area contributed by atoms with Gasteiger partial charge in [0.15, 0.2) is 0 Å². The molecule has 1 aromatic carbocycles. The van der Waals surface area contributed by atoms with Crippen LogP contribution in [0.1, 0.15) is 19.0 Å². The Labute approximate surface area is 159 Å². The highest BCUT2D eigenvalue weighted by Crippen LogP contribution is 2.22. The van der Waals surface area contributed by atoms with Gasteiger partial charge in [-0.05, 0) is 49.7 Å². The lowest BCUT2D eigenvalue weighted by Crippen LogP contribution is -2.49. The molecule has 27 heavy (non-hydrogen) atoms. The third kappa shape index (κ3) is 5.19. The molecule has 0 radical (unpaired) electrons. The number of carbonyl (C=O) groups excluding carboxylic acids is 1. The molecule has 2 aromatic rings. The van der Waals surface area contributed by atoms with Crippen LogP contribution in [0.25, 0.3) is 11.3 Å². The number of hydrogen-bond acceptors (Lipinski definition) is 7. The van der Waals surface area contributed by atoms with Gasteiger partial charge in [0.05, 0.1) is 13.2 Å². The Hall–Kier alpha value is -2.61. The molecule has 1 aliphatic heterocycles. The monoisotopic (exact) mass is 374 g/mol. The van der Waals surface area contributed by atoms with Crippen molar-refractivity contribution in [3.8, 4) is 17.0 Å². The van der Waals surface area contributed by atoms with Crippen LogP contribution in [0, 0.1) is 6.92 Å². The van der Waals surface area contributed by atoms with Gasteiger partial charge in [-0.1, -0.05) is 5.16 Å². The predicted octanol–water partition coefficient (Wildman–Crippen LogP) is 2.59. The molecular formula is C19H26N4O4. The van der Waals surface area contributed by atoms with Gasteiger partial charge in [-0.15, -0.1) is 0 Å². The zero-order chi connectivity index (χ0) is 19.1. The molecular weight excluding hydrogens is 348 g/mol. The van der Waals surface area contributed by atoms with Crippen LogP contribution in [-0.2, 0) is 4.74 Å². The molecule has 3 rings (SSSR count). The number of piperazine rings is 1. The fourth-order valence-electron chi connectivity index (χ4n) is 3.05. The second-order valence-corrected chi connectivity index (χ2v) is 6.45. The zero-order valence-corrected chi connectivity index (χ0v) is 15.9.